The molecule has 0 aliphatic rings. The van der Waals surface area contributed by atoms with Gasteiger partial charge in [-0.2, -0.15) is 0 Å². The second-order valence-electron chi connectivity index (χ2n) is 5.54. The van der Waals surface area contributed by atoms with Gasteiger partial charge in [-0.1, -0.05) is 50.3 Å². The van der Waals surface area contributed by atoms with Crippen molar-refractivity contribution >= 4 is 15.0 Å². The Bertz CT molecular complexity index is 342. The average molecular weight is 324 g/mol. The van der Waals surface area contributed by atoms with Gasteiger partial charge >= 0.3 is 9.28 Å². The van der Waals surface area contributed by atoms with Crippen LogP contribution in [0.15, 0.2) is 30.3 Å². The van der Waals surface area contributed by atoms with Crippen molar-refractivity contribution in [3.8, 4) is 0 Å². The quantitative estimate of drug-likeness (QED) is 0.396. The summed E-state index contributed by atoms with van der Waals surface area (Å²) >= 11 is 0. The third-order valence-corrected chi connectivity index (χ3v) is 5.96. The highest BCUT2D eigenvalue weighted by Crippen LogP contribution is 2.11. The lowest BCUT2D eigenvalue weighted by Crippen LogP contribution is -2.22. The molecule has 1 aromatic rings. The number of rotatable bonds is 14. The van der Waals surface area contributed by atoms with Crippen molar-refractivity contribution in [1.29, 1.82) is 0 Å². The first kappa shape index (κ1) is 19.2. The first-order chi connectivity index (χ1) is 10.9. The molecule has 1 aromatic carbocycles. The van der Waals surface area contributed by atoms with Crippen molar-refractivity contribution in [3.05, 3.63) is 30.3 Å². The zero-order valence-corrected chi connectivity index (χ0v) is 15.5. The van der Waals surface area contributed by atoms with E-state index < -0.39 is 9.28 Å². The van der Waals surface area contributed by atoms with Crippen LogP contribution in [0, 0.1) is 0 Å². The number of hydrogen-bond acceptors (Lipinski definition) is 3. The molecule has 1 N–H and O–H groups in total. The van der Waals surface area contributed by atoms with Gasteiger partial charge in [0.15, 0.2) is 0 Å². The maximum Gasteiger partial charge on any atom is 0.321 e. The first-order valence-corrected chi connectivity index (χ1v) is 10.6. The van der Waals surface area contributed by atoms with Crippen molar-refractivity contribution < 1.29 is 8.85 Å². The Morgan fingerprint density at radius 2 is 1.41 bits per heavy atom. The third kappa shape index (κ3) is 9.98. The van der Waals surface area contributed by atoms with Gasteiger partial charge in [0.1, 0.15) is 0 Å². The molecular weight excluding hydrogens is 290 g/mol. The molecule has 0 aliphatic heterocycles. The summed E-state index contributed by atoms with van der Waals surface area (Å²) in [7, 11) is -1.35. The number of anilines is 1. The van der Waals surface area contributed by atoms with Crippen molar-refractivity contribution in [3.63, 3.8) is 0 Å². The van der Waals surface area contributed by atoms with Crippen LogP contribution in [0.4, 0.5) is 5.69 Å². The fourth-order valence-electron chi connectivity index (χ4n) is 2.52. The third-order valence-electron chi connectivity index (χ3n) is 3.67. The van der Waals surface area contributed by atoms with Crippen LogP contribution in [0.25, 0.3) is 0 Å². The summed E-state index contributed by atoms with van der Waals surface area (Å²) < 4.78 is 11.4. The summed E-state index contributed by atoms with van der Waals surface area (Å²) in [5.41, 5.74) is 1.23. The normalized spacial score (nSPS) is 11.0. The van der Waals surface area contributed by atoms with Crippen LogP contribution < -0.4 is 5.32 Å². The molecule has 0 aromatic heterocycles. The highest BCUT2D eigenvalue weighted by atomic mass is 28.3. The number of hydrogen-bond donors (Lipinski definition) is 1. The van der Waals surface area contributed by atoms with E-state index >= 15 is 0 Å². The second kappa shape index (κ2) is 13.8. The van der Waals surface area contributed by atoms with Gasteiger partial charge in [-0.25, -0.2) is 0 Å². The fourth-order valence-corrected chi connectivity index (χ4v) is 4.31. The van der Waals surface area contributed by atoms with E-state index in [4.69, 9.17) is 8.85 Å². The molecular formula is C18H33NO2Si. The zero-order chi connectivity index (χ0) is 15.9. The Labute approximate surface area is 138 Å². The summed E-state index contributed by atoms with van der Waals surface area (Å²) in [6.07, 6.45) is 7.83. The van der Waals surface area contributed by atoms with Gasteiger partial charge in [0.2, 0.25) is 0 Å². The molecule has 0 bridgehead atoms. The maximum atomic E-state index is 5.69. The summed E-state index contributed by atoms with van der Waals surface area (Å²) in [5.74, 6) is 0. The average Bonchev–Trinajstić information content (AvgIpc) is 2.54. The molecule has 0 saturated carbocycles. The molecule has 0 radical (unpaired) electrons. The minimum absolute atomic E-state index is 0.797. The smallest absolute Gasteiger partial charge is 0.321 e. The largest absolute Gasteiger partial charge is 0.397 e. The molecule has 0 unspecified atom stereocenters. The summed E-state index contributed by atoms with van der Waals surface area (Å²) in [6.45, 7) is 6.79. The van der Waals surface area contributed by atoms with Gasteiger partial charge in [0.05, 0.1) is 0 Å². The van der Waals surface area contributed by atoms with Gasteiger partial charge in [0, 0.05) is 25.4 Å². The van der Waals surface area contributed by atoms with Gasteiger partial charge in [0.25, 0.3) is 0 Å². The van der Waals surface area contributed by atoms with E-state index in [9.17, 15) is 0 Å². The van der Waals surface area contributed by atoms with Gasteiger partial charge < -0.3 is 14.2 Å². The molecule has 0 spiro atoms. The number of para-hydroxylation sites is 1. The van der Waals surface area contributed by atoms with E-state index in [1.54, 1.807) is 0 Å². The Hall–Kier alpha value is -0.843. The Kier molecular flexibility index (Phi) is 12.0. The summed E-state index contributed by atoms with van der Waals surface area (Å²) in [6, 6.07) is 11.6. The summed E-state index contributed by atoms with van der Waals surface area (Å²) in [4.78, 5) is 0. The number of nitrogens with one attached hydrogen (secondary N) is 1. The van der Waals surface area contributed by atoms with Crippen LogP contribution in [0.2, 0.25) is 6.04 Å². The van der Waals surface area contributed by atoms with Gasteiger partial charge in [-0.3, -0.25) is 0 Å². The lowest BCUT2D eigenvalue weighted by Gasteiger charge is -2.14. The van der Waals surface area contributed by atoms with Crippen LogP contribution in [-0.4, -0.2) is 29.0 Å². The number of benzene rings is 1. The van der Waals surface area contributed by atoms with Crippen molar-refractivity contribution in [1.82, 2.24) is 0 Å². The molecule has 126 valence electrons. The van der Waals surface area contributed by atoms with Crippen LogP contribution in [0.3, 0.4) is 0 Å². The Balaban J connectivity index is 1.89. The van der Waals surface area contributed by atoms with E-state index in [-0.39, 0.29) is 0 Å². The van der Waals surface area contributed by atoms with Crippen molar-refractivity contribution in [2.75, 3.05) is 25.1 Å². The van der Waals surface area contributed by atoms with Gasteiger partial charge in [-0.15, -0.1) is 0 Å². The molecule has 0 fully saturated rings. The van der Waals surface area contributed by atoms with Crippen LogP contribution in [0.5, 0.6) is 0 Å². The second-order valence-corrected chi connectivity index (χ2v) is 7.65. The van der Waals surface area contributed by atoms with E-state index in [0.29, 0.717) is 0 Å². The zero-order valence-electron chi connectivity index (χ0n) is 14.4. The lowest BCUT2D eigenvalue weighted by atomic mass is 10.1. The van der Waals surface area contributed by atoms with Crippen molar-refractivity contribution in [2.24, 2.45) is 0 Å². The summed E-state index contributed by atoms with van der Waals surface area (Å²) in [5, 5.41) is 3.46. The SMILES string of the molecule is CCO[SiH](CCCCCCCCNc1ccccc1)OCC. The standard InChI is InChI=1S/C18H33NO2Si/c1-3-20-22(21-4-2)17-13-8-6-5-7-12-16-19-18-14-10-9-11-15-18/h9-11,14-15,19,22H,3-8,12-13,16-17H2,1-2H3. The molecule has 0 aliphatic carbocycles. The molecule has 0 heterocycles. The Morgan fingerprint density at radius 3 is 2.05 bits per heavy atom. The van der Waals surface area contributed by atoms with E-state index in [1.165, 1.54) is 44.2 Å². The maximum absolute atomic E-state index is 5.69. The fraction of sp³-hybridized carbons (Fsp3) is 0.667. The topological polar surface area (TPSA) is 30.5 Å². The predicted molar refractivity (Wildman–Crippen MR) is 97.8 cm³/mol. The van der Waals surface area contributed by atoms with E-state index in [1.807, 2.05) is 0 Å². The molecule has 0 saturated heterocycles. The van der Waals surface area contributed by atoms with Crippen LogP contribution >= 0.6 is 0 Å². The molecule has 0 atom stereocenters. The molecule has 0 amide bonds. The van der Waals surface area contributed by atoms with Crippen molar-refractivity contribution in [2.45, 2.75) is 58.4 Å². The molecule has 22 heavy (non-hydrogen) atoms. The van der Waals surface area contributed by atoms with E-state index in [0.717, 1.165) is 25.8 Å². The molecule has 3 nitrogen and oxygen atoms in total. The minimum atomic E-state index is -1.35. The van der Waals surface area contributed by atoms with Crippen LogP contribution in [0.1, 0.15) is 52.4 Å². The monoisotopic (exact) mass is 323 g/mol. The minimum Gasteiger partial charge on any atom is -0.397 e. The highest BCUT2D eigenvalue weighted by Gasteiger charge is 2.10. The van der Waals surface area contributed by atoms with Crippen LogP contribution in [-0.2, 0) is 8.85 Å². The predicted octanol–water partition coefficient (Wildman–Crippen LogP) is 4.73. The lowest BCUT2D eigenvalue weighted by molar-refractivity contribution is 0.212. The molecule has 1 rings (SSSR count). The number of unbranched alkanes of at least 4 members (excludes halogenated alkanes) is 5. The Morgan fingerprint density at radius 1 is 0.818 bits per heavy atom. The highest BCUT2D eigenvalue weighted by molar-refractivity contribution is 6.44. The molecule has 4 heteroatoms. The van der Waals surface area contributed by atoms with E-state index in [2.05, 4.69) is 49.5 Å². The van der Waals surface area contributed by atoms with Gasteiger partial charge in [-0.05, 0) is 38.4 Å². The first-order valence-electron chi connectivity index (χ1n) is 8.89.